The van der Waals surface area contributed by atoms with Crippen LogP contribution in [0.25, 0.3) is 0 Å². The maximum atomic E-state index is 11.9. The average molecular weight is 299 g/mol. The summed E-state index contributed by atoms with van der Waals surface area (Å²) in [5, 5.41) is 6.05. The molecule has 0 aliphatic carbocycles. The Hall–Kier alpha value is -2.69. The minimum absolute atomic E-state index is 0.114. The third-order valence-corrected chi connectivity index (χ3v) is 3.23. The standard InChI is InChI=1S/C17H21N3O2/c1-3-10-19-17(21)12-8-9-14(13(18)11-12)20-15-6-4-5-7-16(15)22-2/h4-9,11,20H,3,10,18H2,1-2H3,(H,19,21). The Bertz CT molecular complexity index is 656. The number of methoxy groups -OCH3 is 1. The highest BCUT2D eigenvalue weighted by Gasteiger charge is 2.09. The molecule has 0 bridgehead atoms. The van der Waals surface area contributed by atoms with Crippen LogP contribution in [0.15, 0.2) is 42.5 Å². The van der Waals surface area contributed by atoms with Crippen LogP contribution >= 0.6 is 0 Å². The summed E-state index contributed by atoms with van der Waals surface area (Å²) in [6.07, 6.45) is 0.897. The Kier molecular flexibility index (Phi) is 5.25. The van der Waals surface area contributed by atoms with E-state index in [1.165, 1.54) is 0 Å². The second-order valence-corrected chi connectivity index (χ2v) is 4.88. The number of para-hydroxylation sites is 2. The van der Waals surface area contributed by atoms with Crippen molar-refractivity contribution >= 4 is 23.0 Å². The summed E-state index contributed by atoms with van der Waals surface area (Å²) in [5.74, 6) is 0.615. The average Bonchev–Trinajstić information content (AvgIpc) is 2.54. The molecule has 0 aliphatic rings. The van der Waals surface area contributed by atoms with Gasteiger partial charge in [-0.3, -0.25) is 4.79 Å². The molecule has 4 N–H and O–H groups in total. The second kappa shape index (κ2) is 7.36. The first-order chi connectivity index (χ1) is 10.7. The molecule has 0 spiro atoms. The fraction of sp³-hybridized carbons (Fsp3) is 0.235. The molecular formula is C17H21N3O2. The molecular weight excluding hydrogens is 278 g/mol. The number of nitrogens with one attached hydrogen (secondary N) is 2. The molecule has 0 atom stereocenters. The van der Waals surface area contributed by atoms with Gasteiger partial charge in [0, 0.05) is 12.1 Å². The van der Waals surface area contributed by atoms with Gasteiger partial charge in [0.05, 0.1) is 24.2 Å². The van der Waals surface area contributed by atoms with E-state index in [0.717, 1.165) is 23.5 Å². The third kappa shape index (κ3) is 3.69. The maximum absolute atomic E-state index is 11.9. The van der Waals surface area contributed by atoms with Crippen molar-refractivity contribution in [2.24, 2.45) is 0 Å². The van der Waals surface area contributed by atoms with Crippen molar-refractivity contribution < 1.29 is 9.53 Å². The van der Waals surface area contributed by atoms with Gasteiger partial charge in [-0.15, -0.1) is 0 Å². The number of carbonyl (C=O) groups is 1. The first-order valence-electron chi connectivity index (χ1n) is 7.23. The van der Waals surface area contributed by atoms with Crippen molar-refractivity contribution in [3.63, 3.8) is 0 Å². The fourth-order valence-electron chi connectivity index (χ4n) is 2.05. The zero-order valence-corrected chi connectivity index (χ0v) is 12.8. The molecule has 0 heterocycles. The van der Waals surface area contributed by atoms with E-state index in [-0.39, 0.29) is 5.91 Å². The van der Waals surface area contributed by atoms with Crippen LogP contribution in [0.4, 0.5) is 17.1 Å². The van der Waals surface area contributed by atoms with Crippen LogP contribution in [0.1, 0.15) is 23.7 Å². The van der Waals surface area contributed by atoms with Crippen molar-refractivity contribution in [3.05, 3.63) is 48.0 Å². The Morgan fingerprint density at radius 3 is 2.64 bits per heavy atom. The molecule has 116 valence electrons. The molecule has 0 aromatic heterocycles. The molecule has 2 aromatic carbocycles. The third-order valence-electron chi connectivity index (χ3n) is 3.23. The maximum Gasteiger partial charge on any atom is 0.251 e. The van der Waals surface area contributed by atoms with Crippen LogP contribution < -0.4 is 21.1 Å². The summed E-state index contributed by atoms with van der Waals surface area (Å²) in [4.78, 5) is 11.9. The van der Waals surface area contributed by atoms with Crippen molar-refractivity contribution in [2.75, 3.05) is 24.7 Å². The summed E-state index contributed by atoms with van der Waals surface area (Å²) in [6.45, 7) is 2.66. The largest absolute Gasteiger partial charge is 0.495 e. The Labute approximate surface area is 130 Å². The summed E-state index contributed by atoms with van der Waals surface area (Å²) in [6, 6.07) is 12.8. The molecule has 2 aromatic rings. The molecule has 0 fully saturated rings. The first-order valence-corrected chi connectivity index (χ1v) is 7.23. The molecule has 2 rings (SSSR count). The molecule has 0 aliphatic heterocycles. The van der Waals surface area contributed by atoms with Crippen LogP contribution in [0, 0.1) is 0 Å². The molecule has 0 radical (unpaired) electrons. The number of hydrogen-bond donors (Lipinski definition) is 3. The Morgan fingerprint density at radius 1 is 1.18 bits per heavy atom. The van der Waals surface area contributed by atoms with Gasteiger partial charge in [0.25, 0.3) is 5.91 Å². The minimum Gasteiger partial charge on any atom is -0.495 e. The number of benzene rings is 2. The SMILES string of the molecule is CCCNC(=O)c1ccc(Nc2ccccc2OC)c(N)c1. The lowest BCUT2D eigenvalue weighted by Crippen LogP contribution is -2.24. The van der Waals surface area contributed by atoms with E-state index in [9.17, 15) is 4.79 Å². The van der Waals surface area contributed by atoms with Crippen LogP contribution in [-0.2, 0) is 0 Å². The number of nitrogen functional groups attached to an aromatic ring is 1. The van der Waals surface area contributed by atoms with Crippen molar-refractivity contribution in [1.82, 2.24) is 5.32 Å². The highest BCUT2D eigenvalue weighted by atomic mass is 16.5. The van der Waals surface area contributed by atoms with Gasteiger partial charge in [-0.2, -0.15) is 0 Å². The Balaban J connectivity index is 2.18. The number of ether oxygens (including phenoxy) is 1. The number of amides is 1. The zero-order chi connectivity index (χ0) is 15.9. The number of nitrogens with two attached hydrogens (primary N) is 1. The summed E-state index contributed by atoms with van der Waals surface area (Å²) < 4.78 is 5.30. The highest BCUT2D eigenvalue weighted by Crippen LogP contribution is 2.30. The van der Waals surface area contributed by atoms with E-state index in [4.69, 9.17) is 10.5 Å². The van der Waals surface area contributed by atoms with Crippen LogP contribution in [0.2, 0.25) is 0 Å². The molecule has 0 saturated heterocycles. The van der Waals surface area contributed by atoms with Gasteiger partial charge >= 0.3 is 0 Å². The summed E-state index contributed by atoms with van der Waals surface area (Å²) in [7, 11) is 1.62. The fourth-order valence-corrected chi connectivity index (χ4v) is 2.05. The molecule has 22 heavy (non-hydrogen) atoms. The zero-order valence-electron chi connectivity index (χ0n) is 12.8. The van der Waals surface area contributed by atoms with Crippen LogP contribution in [-0.4, -0.2) is 19.6 Å². The van der Waals surface area contributed by atoms with Gasteiger partial charge in [0.2, 0.25) is 0 Å². The van der Waals surface area contributed by atoms with Gasteiger partial charge in [-0.1, -0.05) is 19.1 Å². The van der Waals surface area contributed by atoms with Crippen LogP contribution in [0.5, 0.6) is 5.75 Å². The highest BCUT2D eigenvalue weighted by molar-refractivity contribution is 5.96. The van der Waals surface area contributed by atoms with Gasteiger partial charge in [-0.05, 0) is 36.8 Å². The van der Waals surface area contributed by atoms with E-state index >= 15 is 0 Å². The van der Waals surface area contributed by atoms with E-state index in [1.54, 1.807) is 25.3 Å². The van der Waals surface area contributed by atoms with Gasteiger partial charge in [0.15, 0.2) is 0 Å². The number of carbonyl (C=O) groups excluding carboxylic acids is 1. The topological polar surface area (TPSA) is 76.4 Å². The van der Waals surface area contributed by atoms with Gasteiger partial charge in [0.1, 0.15) is 5.75 Å². The summed E-state index contributed by atoms with van der Waals surface area (Å²) >= 11 is 0. The number of hydrogen-bond acceptors (Lipinski definition) is 4. The molecule has 1 amide bonds. The summed E-state index contributed by atoms with van der Waals surface area (Å²) in [5.41, 5.74) is 8.66. The predicted octanol–water partition coefficient (Wildman–Crippen LogP) is 3.16. The van der Waals surface area contributed by atoms with E-state index in [1.807, 2.05) is 31.2 Å². The number of anilines is 3. The monoisotopic (exact) mass is 299 g/mol. The van der Waals surface area contributed by atoms with Gasteiger partial charge in [-0.25, -0.2) is 0 Å². The normalized spacial score (nSPS) is 10.1. The second-order valence-electron chi connectivity index (χ2n) is 4.88. The lowest BCUT2D eigenvalue weighted by atomic mass is 10.1. The van der Waals surface area contributed by atoms with E-state index in [2.05, 4.69) is 10.6 Å². The number of rotatable bonds is 6. The van der Waals surface area contributed by atoms with Crippen LogP contribution in [0.3, 0.4) is 0 Å². The van der Waals surface area contributed by atoms with E-state index in [0.29, 0.717) is 17.8 Å². The minimum atomic E-state index is -0.114. The van der Waals surface area contributed by atoms with Crippen molar-refractivity contribution in [2.45, 2.75) is 13.3 Å². The lowest BCUT2D eigenvalue weighted by molar-refractivity contribution is 0.0953. The smallest absolute Gasteiger partial charge is 0.251 e. The molecule has 0 saturated carbocycles. The molecule has 5 heteroatoms. The first kappa shape index (κ1) is 15.7. The van der Waals surface area contributed by atoms with Crippen molar-refractivity contribution in [1.29, 1.82) is 0 Å². The quantitative estimate of drug-likeness (QED) is 0.716. The van der Waals surface area contributed by atoms with Gasteiger partial charge < -0.3 is 21.1 Å². The predicted molar refractivity (Wildman–Crippen MR) is 89.8 cm³/mol. The molecule has 0 unspecified atom stereocenters. The molecule has 5 nitrogen and oxygen atoms in total. The Morgan fingerprint density at radius 2 is 1.95 bits per heavy atom. The lowest BCUT2D eigenvalue weighted by Gasteiger charge is -2.13. The van der Waals surface area contributed by atoms with Crippen molar-refractivity contribution in [3.8, 4) is 5.75 Å². The van der Waals surface area contributed by atoms with E-state index < -0.39 is 0 Å².